The summed E-state index contributed by atoms with van der Waals surface area (Å²) in [5, 5.41) is 5.25. The van der Waals surface area contributed by atoms with Gasteiger partial charge < -0.3 is 15.4 Å². The number of amides is 2. The third-order valence-corrected chi connectivity index (χ3v) is 3.00. The van der Waals surface area contributed by atoms with Crippen LogP contribution in [-0.4, -0.2) is 19.1 Å². The molecule has 0 aliphatic carbocycles. The number of ether oxygens (including phenoxy) is 1. The molecule has 0 aliphatic heterocycles. The number of esters is 1. The number of halogens is 1. The zero-order chi connectivity index (χ0) is 16.1. The van der Waals surface area contributed by atoms with E-state index in [-0.39, 0.29) is 5.82 Å². The first-order chi connectivity index (χ1) is 10.5. The lowest BCUT2D eigenvalue weighted by Crippen LogP contribution is -2.20. The number of benzene rings is 2. The smallest absolute Gasteiger partial charge is 0.337 e. The molecule has 0 atom stereocenters. The molecule has 0 radical (unpaired) electrons. The van der Waals surface area contributed by atoms with Crippen molar-refractivity contribution in [2.24, 2.45) is 0 Å². The highest BCUT2D eigenvalue weighted by molar-refractivity contribution is 6.00. The van der Waals surface area contributed by atoms with E-state index in [9.17, 15) is 14.0 Å². The van der Waals surface area contributed by atoms with Gasteiger partial charge in [0.1, 0.15) is 5.82 Å². The van der Waals surface area contributed by atoms with Gasteiger partial charge in [-0.25, -0.2) is 14.0 Å². The van der Waals surface area contributed by atoms with Gasteiger partial charge in [-0.1, -0.05) is 0 Å². The molecule has 5 nitrogen and oxygen atoms in total. The fraction of sp³-hybridized carbons (Fsp3) is 0.125. The van der Waals surface area contributed by atoms with Gasteiger partial charge in [0, 0.05) is 11.4 Å². The van der Waals surface area contributed by atoms with E-state index in [1.54, 1.807) is 25.1 Å². The fourth-order valence-corrected chi connectivity index (χ4v) is 1.87. The van der Waals surface area contributed by atoms with E-state index in [1.165, 1.54) is 31.4 Å². The first-order valence-electron chi connectivity index (χ1n) is 6.52. The Morgan fingerprint density at radius 1 is 1.05 bits per heavy atom. The summed E-state index contributed by atoms with van der Waals surface area (Å²) in [4.78, 5) is 23.3. The average molecular weight is 302 g/mol. The molecule has 0 unspecified atom stereocenters. The molecule has 22 heavy (non-hydrogen) atoms. The quantitative estimate of drug-likeness (QED) is 0.852. The molecule has 0 aliphatic rings. The van der Waals surface area contributed by atoms with E-state index in [1.807, 2.05) is 0 Å². The van der Waals surface area contributed by atoms with Crippen LogP contribution in [-0.2, 0) is 4.74 Å². The molecular weight excluding hydrogens is 287 g/mol. The summed E-state index contributed by atoms with van der Waals surface area (Å²) in [6.45, 7) is 1.76. The topological polar surface area (TPSA) is 67.4 Å². The van der Waals surface area contributed by atoms with Crippen molar-refractivity contribution in [1.29, 1.82) is 0 Å². The van der Waals surface area contributed by atoms with Gasteiger partial charge in [-0.05, 0) is 55.0 Å². The predicted molar refractivity (Wildman–Crippen MR) is 81.6 cm³/mol. The van der Waals surface area contributed by atoms with Crippen LogP contribution in [0.2, 0.25) is 0 Å². The van der Waals surface area contributed by atoms with Crippen LogP contribution in [0.15, 0.2) is 42.5 Å². The molecule has 6 heteroatoms. The Kier molecular flexibility index (Phi) is 4.73. The van der Waals surface area contributed by atoms with Gasteiger partial charge in [-0.15, -0.1) is 0 Å². The molecule has 0 saturated carbocycles. The first kappa shape index (κ1) is 15.5. The molecule has 0 heterocycles. The second kappa shape index (κ2) is 6.71. The van der Waals surface area contributed by atoms with Gasteiger partial charge in [0.2, 0.25) is 0 Å². The largest absolute Gasteiger partial charge is 0.465 e. The number of rotatable bonds is 3. The lowest BCUT2D eigenvalue weighted by atomic mass is 10.1. The Balaban J connectivity index is 2.05. The van der Waals surface area contributed by atoms with Crippen molar-refractivity contribution in [3.8, 4) is 0 Å². The predicted octanol–water partition coefficient (Wildman–Crippen LogP) is 3.56. The van der Waals surface area contributed by atoms with Crippen LogP contribution in [0, 0.1) is 12.7 Å². The molecule has 0 bridgehead atoms. The van der Waals surface area contributed by atoms with E-state index in [2.05, 4.69) is 15.4 Å². The second-order valence-corrected chi connectivity index (χ2v) is 4.61. The van der Waals surface area contributed by atoms with Crippen molar-refractivity contribution in [2.45, 2.75) is 6.92 Å². The number of hydrogen-bond donors (Lipinski definition) is 2. The van der Waals surface area contributed by atoms with Gasteiger partial charge in [0.15, 0.2) is 0 Å². The number of anilines is 2. The normalized spacial score (nSPS) is 9.95. The maximum Gasteiger partial charge on any atom is 0.337 e. The van der Waals surface area contributed by atoms with Crippen molar-refractivity contribution in [1.82, 2.24) is 0 Å². The number of carbonyl (C=O) groups is 2. The summed E-state index contributed by atoms with van der Waals surface area (Å²) in [6, 6.07) is 9.78. The summed E-state index contributed by atoms with van der Waals surface area (Å²) in [6.07, 6.45) is 0. The van der Waals surface area contributed by atoms with Crippen molar-refractivity contribution in [2.75, 3.05) is 17.7 Å². The van der Waals surface area contributed by atoms with E-state index < -0.39 is 12.0 Å². The van der Waals surface area contributed by atoms with Crippen molar-refractivity contribution >= 4 is 23.4 Å². The van der Waals surface area contributed by atoms with Crippen LogP contribution in [0.4, 0.5) is 20.6 Å². The van der Waals surface area contributed by atoms with Crippen LogP contribution in [0.5, 0.6) is 0 Å². The van der Waals surface area contributed by atoms with Crippen molar-refractivity contribution < 1.29 is 18.7 Å². The van der Waals surface area contributed by atoms with Crippen LogP contribution in [0.3, 0.4) is 0 Å². The first-order valence-corrected chi connectivity index (χ1v) is 6.52. The molecule has 0 aromatic heterocycles. The average Bonchev–Trinajstić information content (AvgIpc) is 2.50. The highest BCUT2D eigenvalue weighted by Gasteiger charge is 2.09. The van der Waals surface area contributed by atoms with Crippen LogP contribution in [0.1, 0.15) is 15.9 Å². The molecule has 0 spiro atoms. The van der Waals surface area contributed by atoms with Gasteiger partial charge >= 0.3 is 12.0 Å². The highest BCUT2D eigenvalue weighted by Crippen LogP contribution is 2.18. The summed E-state index contributed by atoms with van der Waals surface area (Å²) in [7, 11) is 1.31. The van der Waals surface area contributed by atoms with Gasteiger partial charge in [-0.2, -0.15) is 0 Å². The number of urea groups is 1. The van der Waals surface area contributed by atoms with Gasteiger partial charge in [0.05, 0.1) is 12.7 Å². The van der Waals surface area contributed by atoms with Crippen LogP contribution in [0.25, 0.3) is 0 Å². The molecule has 0 fully saturated rings. The van der Waals surface area contributed by atoms with E-state index in [4.69, 9.17) is 0 Å². The monoisotopic (exact) mass is 302 g/mol. The number of methoxy groups -OCH3 is 1. The minimum atomic E-state index is -0.458. The number of hydrogen-bond acceptors (Lipinski definition) is 3. The van der Waals surface area contributed by atoms with E-state index in [0.717, 1.165) is 5.56 Å². The minimum Gasteiger partial charge on any atom is -0.465 e. The van der Waals surface area contributed by atoms with Gasteiger partial charge in [0.25, 0.3) is 0 Å². The zero-order valence-corrected chi connectivity index (χ0v) is 12.1. The minimum absolute atomic E-state index is 0.375. The Labute approximate surface area is 127 Å². The lowest BCUT2D eigenvalue weighted by Gasteiger charge is -2.11. The van der Waals surface area contributed by atoms with E-state index in [0.29, 0.717) is 16.9 Å². The third kappa shape index (κ3) is 3.82. The number of aryl methyl sites for hydroxylation is 1. The maximum atomic E-state index is 12.8. The molecule has 2 aromatic carbocycles. The molecule has 2 amide bonds. The standard InChI is InChI=1S/C16H15FN2O3/c1-10-9-11(15(20)22-2)3-8-14(10)19-16(21)18-13-6-4-12(17)5-7-13/h3-9H,1-2H3,(H2,18,19,21). The molecular formula is C16H15FN2O3. The highest BCUT2D eigenvalue weighted by atomic mass is 19.1. The molecule has 2 aromatic rings. The number of nitrogens with one attached hydrogen (secondary N) is 2. The van der Waals surface area contributed by atoms with E-state index >= 15 is 0 Å². The van der Waals surface area contributed by atoms with Gasteiger partial charge in [-0.3, -0.25) is 0 Å². The van der Waals surface area contributed by atoms with Crippen LogP contribution >= 0.6 is 0 Å². The second-order valence-electron chi connectivity index (χ2n) is 4.61. The Morgan fingerprint density at radius 3 is 2.32 bits per heavy atom. The number of carbonyl (C=O) groups excluding carboxylic acids is 2. The molecule has 2 rings (SSSR count). The van der Waals surface area contributed by atoms with Crippen LogP contribution < -0.4 is 10.6 Å². The maximum absolute atomic E-state index is 12.8. The lowest BCUT2D eigenvalue weighted by molar-refractivity contribution is 0.0600. The Hall–Kier alpha value is -2.89. The molecule has 0 saturated heterocycles. The Bertz CT molecular complexity index is 699. The Morgan fingerprint density at radius 2 is 1.73 bits per heavy atom. The fourth-order valence-electron chi connectivity index (χ4n) is 1.87. The molecule has 114 valence electrons. The summed E-state index contributed by atoms with van der Waals surface area (Å²) < 4.78 is 17.4. The van der Waals surface area contributed by atoms with Crippen molar-refractivity contribution in [3.63, 3.8) is 0 Å². The SMILES string of the molecule is COC(=O)c1ccc(NC(=O)Nc2ccc(F)cc2)c(C)c1. The van der Waals surface area contributed by atoms with Crippen molar-refractivity contribution in [3.05, 3.63) is 59.4 Å². The third-order valence-electron chi connectivity index (χ3n) is 3.00. The summed E-state index contributed by atoms with van der Waals surface area (Å²) in [5.41, 5.74) is 2.16. The summed E-state index contributed by atoms with van der Waals surface area (Å²) >= 11 is 0. The summed E-state index contributed by atoms with van der Waals surface area (Å²) in [5.74, 6) is -0.814. The zero-order valence-electron chi connectivity index (χ0n) is 12.1. The molecule has 2 N–H and O–H groups in total.